The summed E-state index contributed by atoms with van der Waals surface area (Å²) in [6.45, 7) is 2.99. The third-order valence-corrected chi connectivity index (χ3v) is 5.76. The first-order chi connectivity index (χ1) is 10.5. The first kappa shape index (κ1) is 17.7. The average Bonchev–Trinajstić information content (AvgIpc) is 2.78. The summed E-state index contributed by atoms with van der Waals surface area (Å²) in [4.78, 5) is 10.9. The number of halogens is 3. The number of rotatable bonds is 3. The normalized spacial score (nSPS) is 18.1. The Morgan fingerprint density at radius 3 is 2.30 bits per heavy atom. The fourth-order valence-corrected chi connectivity index (χ4v) is 4.24. The van der Waals surface area contributed by atoms with Crippen LogP contribution in [0.5, 0.6) is 0 Å². The molecular formula is C12H16F3N3O4S. The fraction of sp³-hybridized carbons (Fsp3) is 0.667. The third kappa shape index (κ3) is 3.66. The number of aromatic nitrogens is 1. The van der Waals surface area contributed by atoms with Gasteiger partial charge in [0.25, 0.3) is 0 Å². The Labute approximate surface area is 130 Å². The fourth-order valence-electron chi connectivity index (χ4n) is 2.48. The summed E-state index contributed by atoms with van der Waals surface area (Å²) >= 11 is 0. The molecule has 23 heavy (non-hydrogen) atoms. The number of nitrogens with one attached hydrogen (secondary N) is 1. The molecule has 1 fully saturated rings. The summed E-state index contributed by atoms with van der Waals surface area (Å²) in [5, 5.41) is 5.47. The van der Waals surface area contributed by atoms with Crippen molar-refractivity contribution in [3.8, 4) is 0 Å². The van der Waals surface area contributed by atoms with Crippen LogP contribution in [0, 0.1) is 13.8 Å². The maximum Gasteiger partial charge on any atom is 0.471 e. The standard InChI is InChI=1S/C12H16F3N3O4S/c1-7-10(8(2)22-17-7)23(20,21)18-5-3-9(4-6-18)16-11(19)12(13,14)15/h9H,3-6H2,1-2H3,(H,16,19). The molecule has 7 nitrogen and oxygen atoms in total. The Morgan fingerprint density at radius 2 is 1.87 bits per heavy atom. The van der Waals surface area contributed by atoms with Gasteiger partial charge < -0.3 is 9.84 Å². The van der Waals surface area contributed by atoms with E-state index >= 15 is 0 Å². The minimum atomic E-state index is -4.94. The SMILES string of the molecule is Cc1noc(C)c1S(=O)(=O)N1CCC(NC(=O)C(F)(F)F)CC1. The molecule has 0 bridgehead atoms. The van der Waals surface area contributed by atoms with Crippen LogP contribution in [0.2, 0.25) is 0 Å². The Kier molecular flexibility index (Phi) is 4.71. The van der Waals surface area contributed by atoms with Crippen molar-refractivity contribution < 1.29 is 30.9 Å². The predicted molar refractivity (Wildman–Crippen MR) is 72.0 cm³/mol. The molecule has 0 aromatic carbocycles. The Bertz CT molecular complexity index is 671. The molecule has 1 aliphatic rings. The van der Waals surface area contributed by atoms with Gasteiger partial charge in [-0.2, -0.15) is 17.5 Å². The number of hydrogen-bond donors (Lipinski definition) is 1. The number of alkyl halides is 3. The van der Waals surface area contributed by atoms with E-state index in [9.17, 15) is 26.4 Å². The lowest BCUT2D eigenvalue weighted by Crippen LogP contribution is -2.49. The summed E-state index contributed by atoms with van der Waals surface area (Å²) in [6.07, 6.45) is -4.74. The number of sulfonamides is 1. The molecule has 0 radical (unpaired) electrons. The topological polar surface area (TPSA) is 92.5 Å². The summed E-state index contributed by atoms with van der Waals surface area (Å²) in [7, 11) is -3.82. The number of aryl methyl sites for hydroxylation is 2. The average molecular weight is 355 g/mol. The predicted octanol–water partition coefficient (Wildman–Crippen LogP) is 1.12. The van der Waals surface area contributed by atoms with E-state index in [2.05, 4.69) is 5.16 Å². The van der Waals surface area contributed by atoms with Crippen LogP contribution in [-0.4, -0.2) is 49.1 Å². The van der Waals surface area contributed by atoms with Gasteiger partial charge in [-0.3, -0.25) is 4.79 Å². The molecule has 1 N–H and O–H groups in total. The van der Waals surface area contributed by atoms with Crippen LogP contribution in [0.3, 0.4) is 0 Å². The van der Waals surface area contributed by atoms with E-state index in [1.54, 1.807) is 0 Å². The summed E-state index contributed by atoms with van der Waals surface area (Å²) < 4.78 is 67.7. The molecule has 1 amide bonds. The quantitative estimate of drug-likeness (QED) is 0.877. The second kappa shape index (κ2) is 6.11. The molecule has 1 aromatic heterocycles. The highest BCUT2D eigenvalue weighted by atomic mass is 32.2. The van der Waals surface area contributed by atoms with Gasteiger partial charge in [0.05, 0.1) is 0 Å². The van der Waals surface area contributed by atoms with E-state index in [-0.39, 0.29) is 42.3 Å². The molecule has 130 valence electrons. The van der Waals surface area contributed by atoms with Crippen LogP contribution in [0.25, 0.3) is 0 Å². The van der Waals surface area contributed by atoms with Crippen LogP contribution < -0.4 is 5.32 Å². The minimum Gasteiger partial charge on any atom is -0.360 e. The molecule has 0 unspecified atom stereocenters. The maximum atomic E-state index is 12.5. The number of nitrogens with zero attached hydrogens (tertiary/aromatic N) is 2. The van der Waals surface area contributed by atoms with Crippen molar-refractivity contribution in [1.82, 2.24) is 14.8 Å². The number of carbonyl (C=O) groups excluding carboxylic acids is 1. The number of hydrogen-bond acceptors (Lipinski definition) is 5. The first-order valence-electron chi connectivity index (χ1n) is 6.84. The molecule has 0 saturated carbocycles. The number of amides is 1. The minimum absolute atomic E-state index is 0.00912. The molecule has 1 aromatic rings. The second-order valence-electron chi connectivity index (χ2n) is 5.30. The molecule has 1 aliphatic heterocycles. The molecule has 0 aliphatic carbocycles. The molecule has 11 heteroatoms. The van der Waals surface area contributed by atoms with E-state index in [4.69, 9.17) is 4.52 Å². The van der Waals surface area contributed by atoms with E-state index in [1.807, 2.05) is 5.32 Å². The summed E-state index contributed by atoms with van der Waals surface area (Å²) in [5.41, 5.74) is 0.231. The first-order valence-corrected chi connectivity index (χ1v) is 8.28. The highest BCUT2D eigenvalue weighted by molar-refractivity contribution is 7.89. The van der Waals surface area contributed by atoms with Gasteiger partial charge in [-0.25, -0.2) is 8.42 Å². The third-order valence-electron chi connectivity index (χ3n) is 3.61. The van der Waals surface area contributed by atoms with Crippen molar-refractivity contribution in [1.29, 1.82) is 0 Å². The van der Waals surface area contributed by atoms with Crippen molar-refractivity contribution in [3.63, 3.8) is 0 Å². The van der Waals surface area contributed by atoms with Crippen LogP contribution in [0.15, 0.2) is 9.42 Å². The highest BCUT2D eigenvalue weighted by Crippen LogP contribution is 2.26. The largest absolute Gasteiger partial charge is 0.471 e. The zero-order valence-corrected chi connectivity index (χ0v) is 13.3. The van der Waals surface area contributed by atoms with Gasteiger partial charge in [0.1, 0.15) is 10.6 Å². The number of piperidine rings is 1. The van der Waals surface area contributed by atoms with Crippen molar-refractivity contribution >= 4 is 15.9 Å². The zero-order valence-electron chi connectivity index (χ0n) is 12.5. The summed E-state index contributed by atoms with van der Waals surface area (Å²) in [6, 6.07) is -0.708. The van der Waals surface area contributed by atoms with Gasteiger partial charge in [0.15, 0.2) is 5.76 Å². The Hall–Kier alpha value is -1.62. The van der Waals surface area contributed by atoms with Crippen LogP contribution in [-0.2, 0) is 14.8 Å². The van der Waals surface area contributed by atoms with E-state index in [0.717, 1.165) is 4.31 Å². The van der Waals surface area contributed by atoms with Crippen molar-refractivity contribution in [2.75, 3.05) is 13.1 Å². The van der Waals surface area contributed by atoms with Crippen LogP contribution in [0.1, 0.15) is 24.3 Å². The lowest BCUT2D eigenvalue weighted by Gasteiger charge is -2.31. The smallest absolute Gasteiger partial charge is 0.360 e. The van der Waals surface area contributed by atoms with E-state index < -0.39 is 28.1 Å². The van der Waals surface area contributed by atoms with Gasteiger partial charge in [-0.15, -0.1) is 0 Å². The lowest BCUT2D eigenvalue weighted by molar-refractivity contribution is -0.174. The van der Waals surface area contributed by atoms with Gasteiger partial charge >= 0.3 is 12.1 Å². The van der Waals surface area contributed by atoms with Gasteiger partial charge in [-0.05, 0) is 26.7 Å². The lowest BCUT2D eigenvalue weighted by atomic mass is 10.1. The monoisotopic (exact) mass is 355 g/mol. The van der Waals surface area contributed by atoms with Crippen molar-refractivity contribution in [3.05, 3.63) is 11.5 Å². The van der Waals surface area contributed by atoms with E-state index in [0.29, 0.717) is 0 Å². The van der Waals surface area contributed by atoms with Gasteiger partial charge in [0.2, 0.25) is 10.0 Å². The van der Waals surface area contributed by atoms with Gasteiger partial charge in [-0.1, -0.05) is 5.16 Å². The van der Waals surface area contributed by atoms with Gasteiger partial charge in [0, 0.05) is 19.1 Å². The molecule has 2 rings (SSSR count). The Balaban J connectivity index is 2.03. The van der Waals surface area contributed by atoms with Crippen LogP contribution >= 0.6 is 0 Å². The molecular weight excluding hydrogens is 339 g/mol. The second-order valence-corrected chi connectivity index (χ2v) is 7.18. The van der Waals surface area contributed by atoms with Crippen molar-refractivity contribution in [2.45, 2.75) is 43.8 Å². The van der Waals surface area contributed by atoms with Crippen LogP contribution in [0.4, 0.5) is 13.2 Å². The molecule has 1 saturated heterocycles. The Morgan fingerprint density at radius 1 is 1.30 bits per heavy atom. The van der Waals surface area contributed by atoms with Crippen molar-refractivity contribution in [2.24, 2.45) is 0 Å². The van der Waals surface area contributed by atoms with E-state index in [1.165, 1.54) is 13.8 Å². The zero-order chi connectivity index (χ0) is 17.4. The molecule has 0 spiro atoms. The number of carbonyl (C=O) groups is 1. The molecule has 2 heterocycles. The summed E-state index contributed by atoms with van der Waals surface area (Å²) in [5.74, 6) is -1.85. The maximum absolute atomic E-state index is 12.5. The highest BCUT2D eigenvalue weighted by Gasteiger charge is 2.41. The molecule has 0 atom stereocenters.